The number of benzene rings is 1. The Bertz CT molecular complexity index is 1260. The zero-order chi connectivity index (χ0) is 23.2. The van der Waals surface area contributed by atoms with Crippen molar-refractivity contribution in [2.75, 3.05) is 4.90 Å². The molecule has 0 saturated carbocycles. The normalized spacial score (nSPS) is 15.1. The van der Waals surface area contributed by atoms with E-state index in [2.05, 4.69) is 10.4 Å². The van der Waals surface area contributed by atoms with E-state index in [0.29, 0.717) is 11.4 Å². The molecule has 1 N–H and O–H groups in total. The first-order valence-electron chi connectivity index (χ1n) is 9.07. The Morgan fingerprint density at radius 2 is 1.91 bits per heavy atom. The van der Waals surface area contributed by atoms with Crippen LogP contribution in [0.3, 0.4) is 0 Å². The molecule has 0 spiro atoms. The molecule has 1 aliphatic rings. The minimum absolute atomic E-state index is 0.0844. The van der Waals surface area contributed by atoms with Crippen LogP contribution in [-0.4, -0.2) is 20.8 Å². The lowest BCUT2D eigenvalue weighted by Crippen LogP contribution is -2.30. The van der Waals surface area contributed by atoms with Crippen molar-refractivity contribution in [3.63, 3.8) is 0 Å². The zero-order valence-corrected chi connectivity index (χ0v) is 17.4. The Morgan fingerprint density at radius 1 is 1.22 bits per heavy atom. The van der Waals surface area contributed by atoms with Gasteiger partial charge >= 0.3 is 0 Å². The predicted octanol–water partition coefficient (Wildman–Crippen LogP) is 3.72. The lowest BCUT2D eigenvalue weighted by atomic mass is 10.3. The quantitative estimate of drug-likeness (QED) is 0.268. The van der Waals surface area contributed by atoms with E-state index < -0.39 is 41.5 Å². The van der Waals surface area contributed by atoms with Gasteiger partial charge in [-0.25, -0.2) is 13.7 Å². The van der Waals surface area contributed by atoms with Gasteiger partial charge in [-0.15, -0.1) is 0 Å². The van der Waals surface area contributed by atoms with Gasteiger partial charge in [-0.1, -0.05) is 0 Å². The molecule has 0 atom stereocenters. The minimum Gasteiger partial charge on any atom is -0.479 e. The van der Waals surface area contributed by atoms with Gasteiger partial charge in [-0.3, -0.25) is 9.48 Å². The van der Waals surface area contributed by atoms with Crippen LogP contribution >= 0.6 is 12.2 Å². The molecule has 7 nitrogen and oxygen atoms in total. The molecule has 0 radical (unpaired) electrons. The van der Waals surface area contributed by atoms with Crippen molar-refractivity contribution in [1.82, 2.24) is 15.1 Å². The summed E-state index contributed by atoms with van der Waals surface area (Å²) >= 11 is 5.24. The van der Waals surface area contributed by atoms with Crippen LogP contribution < -0.4 is 15.0 Å². The molecule has 1 aliphatic heterocycles. The van der Waals surface area contributed by atoms with Gasteiger partial charge in [0.25, 0.3) is 5.91 Å². The molecule has 0 unspecified atom stereocenters. The van der Waals surface area contributed by atoms with E-state index >= 15 is 0 Å². The van der Waals surface area contributed by atoms with E-state index in [1.54, 1.807) is 24.9 Å². The third-order valence-electron chi connectivity index (χ3n) is 4.51. The fourth-order valence-corrected chi connectivity index (χ4v) is 3.36. The molecular weight excluding hydrogens is 452 g/mol. The summed E-state index contributed by atoms with van der Waals surface area (Å²) in [5.41, 5.74) is 1.26. The predicted molar refractivity (Wildman–Crippen MR) is 108 cm³/mol. The molecule has 32 heavy (non-hydrogen) atoms. The number of carbonyl (C=O) groups is 1. The third-order valence-corrected chi connectivity index (χ3v) is 4.79. The number of aryl methyl sites for hydroxylation is 2. The summed E-state index contributed by atoms with van der Waals surface area (Å²) in [4.78, 5) is 14.1. The number of ether oxygens (including phenoxy) is 1. The molecule has 2 aromatic heterocycles. The second-order valence-electron chi connectivity index (χ2n) is 6.79. The minimum atomic E-state index is -1.65. The van der Waals surface area contributed by atoms with Crippen LogP contribution in [-0.2, 0) is 18.4 Å². The molecule has 0 aliphatic carbocycles. The van der Waals surface area contributed by atoms with Gasteiger partial charge in [0.1, 0.15) is 23.8 Å². The van der Waals surface area contributed by atoms with E-state index in [1.807, 2.05) is 0 Å². The molecule has 3 heterocycles. The second-order valence-corrected chi connectivity index (χ2v) is 7.18. The summed E-state index contributed by atoms with van der Waals surface area (Å²) < 4.78 is 65.8. The van der Waals surface area contributed by atoms with Gasteiger partial charge < -0.3 is 14.5 Å². The highest BCUT2D eigenvalue weighted by molar-refractivity contribution is 7.80. The smallest absolute Gasteiger partial charge is 0.281 e. The van der Waals surface area contributed by atoms with Crippen molar-refractivity contribution in [3.05, 3.63) is 70.6 Å². The topological polar surface area (TPSA) is 72.5 Å². The highest BCUT2D eigenvalue weighted by atomic mass is 32.1. The van der Waals surface area contributed by atoms with Crippen molar-refractivity contribution in [3.8, 4) is 5.75 Å². The number of halogens is 4. The third kappa shape index (κ3) is 3.84. The molecule has 3 aromatic rings. The van der Waals surface area contributed by atoms with E-state index in [0.717, 1.165) is 0 Å². The number of aromatic nitrogens is 2. The molecule has 1 amide bonds. The SMILES string of the molecule is Cc1nn(C)cc1N1C(=O)/C(=C\c2ccc(COc3c(F)c(F)cc(F)c3F)o2)NC1=S. The van der Waals surface area contributed by atoms with E-state index in [1.165, 1.54) is 23.1 Å². The molecule has 166 valence electrons. The Balaban J connectivity index is 1.51. The van der Waals surface area contributed by atoms with Gasteiger partial charge in [0.05, 0.1) is 11.4 Å². The highest BCUT2D eigenvalue weighted by Crippen LogP contribution is 2.28. The first-order valence-corrected chi connectivity index (χ1v) is 9.48. The van der Waals surface area contributed by atoms with Crippen molar-refractivity contribution < 1.29 is 31.5 Å². The monoisotopic (exact) mass is 466 g/mol. The second kappa shape index (κ2) is 8.11. The maximum absolute atomic E-state index is 13.7. The first-order chi connectivity index (χ1) is 15.2. The Labute approximate surface area is 183 Å². The lowest BCUT2D eigenvalue weighted by Gasteiger charge is -2.11. The number of furan rings is 1. The van der Waals surface area contributed by atoms with Crippen LogP contribution in [0.4, 0.5) is 23.2 Å². The molecule has 4 rings (SSSR count). The van der Waals surface area contributed by atoms with Crippen LogP contribution in [0, 0.1) is 30.2 Å². The summed E-state index contributed by atoms with van der Waals surface area (Å²) in [7, 11) is 1.71. The number of nitrogens with one attached hydrogen (secondary N) is 1. The standard InChI is InChI=1S/C20H14F4N4O3S/c1-9-15(7-27(2)26-9)28-19(29)14(25-20(28)32)5-10-3-4-11(31-10)8-30-18-16(23)12(21)6-13(22)17(18)24/h3-7H,8H2,1-2H3,(H,25,32)/b14-5+. The number of nitrogens with zero attached hydrogens (tertiary/aromatic N) is 3. The van der Waals surface area contributed by atoms with Crippen LogP contribution in [0.2, 0.25) is 0 Å². The molecule has 0 bridgehead atoms. The fraction of sp³-hybridized carbons (Fsp3) is 0.150. The summed E-state index contributed by atoms with van der Waals surface area (Å²) in [6, 6.07) is 2.97. The number of amides is 1. The average Bonchev–Trinajstić information content (AvgIpc) is 3.38. The molecule has 1 aromatic carbocycles. The van der Waals surface area contributed by atoms with Crippen LogP contribution in [0.15, 0.2) is 34.5 Å². The van der Waals surface area contributed by atoms with Crippen molar-refractivity contribution in [2.45, 2.75) is 13.5 Å². The summed E-state index contributed by atoms with van der Waals surface area (Å²) in [5, 5.41) is 7.14. The molecular formula is C20H14F4N4O3S. The highest BCUT2D eigenvalue weighted by Gasteiger charge is 2.34. The zero-order valence-electron chi connectivity index (χ0n) is 16.6. The van der Waals surface area contributed by atoms with Gasteiger partial charge in [-0.2, -0.15) is 13.9 Å². The average molecular weight is 466 g/mol. The Kier molecular flexibility index (Phi) is 5.46. The van der Waals surface area contributed by atoms with Crippen molar-refractivity contribution >= 4 is 35.0 Å². The molecule has 1 fully saturated rings. The van der Waals surface area contributed by atoms with E-state index in [4.69, 9.17) is 21.4 Å². The number of rotatable bonds is 5. The van der Waals surface area contributed by atoms with Gasteiger partial charge in [0, 0.05) is 25.4 Å². The summed E-state index contributed by atoms with van der Waals surface area (Å²) in [5.74, 6) is -7.81. The van der Waals surface area contributed by atoms with Crippen molar-refractivity contribution in [1.29, 1.82) is 0 Å². The van der Waals surface area contributed by atoms with E-state index in [-0.39, 0.29) is 28.4 Å². The number of thiocarbonyl (C=S) groups is 1. The summed E-state index contributed by atoms with van der Waals surface area (Å²) in [6.07, 6.45) is 3.03. The number of carbonyl (C=O) groups excluding carboxylic acids is 1. The molecule has 12 heteroatoms. The first kappa shape index (κ1) is 21.6. The molecule has 1 saturated heterocycles. The number of anilines is 1. The van der Waals surface area contributed by atoms with Gasteiger partial charge in [0.15, 0.2) is 22.5 Å². The fourth-order valence-electron chi connectivity index (χ4n) is 3.07. The van der Waals surface area contributed by atoms with E-state index in [9.17, 15) is 22.4 Å². The largest absolute Gasteiger partial charge is 0.479 e. The lowest BCUT2D eigenvalue weighted by molar-refractivity contribution is -0.113. The number of hydrogen-bond donors (Lipinski definition) is 1. The van der Waals surface area contributed by atoms with Crippen molar-refractivity contribution in [2.24, 2.45) is 7.05 Å². The van der Waals surface area contributed by atoms with Crippen LogP contribution in [0.5, 0.6) is 5.75 Å². The van der Waals surface area contributed by atoms with Gasteiger partial charge in [0.2, 0.25) is 11.6 Å². The Hall–Kier alpha value is -3.67. The van der Waals surface area contributed by atoms with Crippen LogP contribution in [0.25, 0.3) is 6.08 Å². The number of hydrogen-bond acceptors (Lipinski definition) is 5. The van der Waals surface area contributed by atoms with Gasteiger partial charge in [-0.05, 0) is 31.3 Å². The Morgan fingerprint density at radius 3 is 2.53 bits per heavy atom. The van der Waals surface area contributed by atoms with Crippen LogP contribution in [0.1, 0.15) is 17.2 Å². The summed E-state index contributed by atoms with van der Waals surface area (Å²) in [6.45, 7) is 1.22. The maximum Gasteiger partial charge on any atom is 0.281 e. The maximum atomic E-state index is 13.7.